The van der Waals surface area contributed by atoms with Gasteiger partial charge in [0.05, 0.1) is 11.8 Å². The van der Waals surface area contributed by atoms with Crippen molar-refractivity contribution in [2.45, 2.75) is 44.2 Å². The van der Waals surface area contributed by atoms with Gasteiger partial charge in [-0.1, -0.05) is 0 Å². The van der Waals surface area contributed by atoms with Gasteiger partial charge < -0.3 is 15.7 Å². The first-order chi connectivity index (χ1) is 9.88. The maximum Gasteiger partial charge on any atom is 0.224 e. The minimum Gasteiger partial charge on any atom is -0.388 e. The highest BCUT2D eigenvalue weighted by Gasteiger charge is 2.34. The second-order valence-corrected chi connectivity index (χ2v) is 5.75. The number of hydrogen-bond donors (Lipinski definition) is 3. The summed E-state index contributed by atoms with van der Waals surface area (Å²) in [5.41, 5.74) is -0.991. The summed E-state index contributed by atoms with van der Waals surface area (Å²) in [7, 11) is 0. The fraction of sp³-hybridized carbons (Fsp3) is 0.615. The fourth-order valence-corrected chi connectivity index (χ4v) is 2.69. The molecule has 2 atom stereocenters. The molecule has 0 bridgehead atoms. The molecule has 0 spiro atoms. The molecule has 0 aromatic carbocycles. The van der Waals surface area contributed by atoms with Crippen molar-refractivity contribution in [3.8, 4) is 0 Å². The van der Waals surface area contributed by atoms with Gasteiger partial charge in [-0.05, 0) is 37.3 Å². The molecule has 1 aromatic rings. The van der Waals surface area contributed by atoms with E-state index >= 15 is 0 Å². The Morgan fingerprint density at radius 3 is 3.14 bits per heavy atom. The van der Waals surface area contributed by atoms with Crippen LogP contribution in [0, 0.1) is 5.82 Å². The standard InChI is InChI=1S/C13H18ClFN4O2/c1-8(20)17-7-13(21)4-2-3-9(5-13)18-11-10(15)6-16-12(14)19-11/h6,9,21H,2-5,7H2,1H3,(H,17,20)(H,16,18,19)/t9-,13-/m0/s1. The molecule has 2 rings (SSSR count). The van der Waals surface area contributed by atoms with Gasteiger partial charge in [0, 0.05) is 19.5 Å². The smallest absolute Gasteiger partial charge is 0.224 e. The first-order valence-corrected chi connectivity index (χ1v) is 7.17. The van der Waals surface area contributed by atoms with Crippen molar-refractivity contribution in [3.05, 3.63) is 17.3 Å². The Morgan fingerprint density at radius 2 is 2.43 bits per heavy atom. The molecular formula is C13H18ClFN4O2. The van der Waals surface area contributed by atoms with E-state index in [2.05, 4.69) is 20.6 Å². The molecule has 8 heteroatoms. The number of anilines is 1. The van der Waals surface area contributed by atoms with E-state index in [1.54, 1.807) is 0 Å². The van der Waals surface area contributed by atoms with Crippen molar-refractivity contribution in [1.29, 1.82) is 0 Å². The predicted octanol–water partition coefficient (Wildman–Crippen LogP) is 1.49. The zero-order valence-corrected chi connectivity index (χ0v) is 12.5. The van der Waals surface area contributed by atoms with Gasteiger partial charge in [0.25, 0.3) is 0 Å². The predicted molar refractivity (Wildman–Crippen MR) is 76.5 cm³/mol. The molecule has 0 radical (unpaired) electrons. The summed E-state index contributed by atoms with van der Waals surface area (Å²) < 4.78 is 13.6. The van der Waals surface area contributed by atoms with Gasteiger partial charge in [0.1, 0.15) is 0 Å². The molecule has 6 nitrogen and oxygen atoms in total. The normalized spacial score (nSPS) is 25.4. The Hall–Kier alpha value is -1.47. The fourth-order valence-electron chi connectivity index (χ4n) is 2.55. The van der Waals surface area contributed by atoms with E-state index in [0.717, 1.165) is 19.0 Å². The molecule has 1 saturated carbocycles. The average Bonchev–Trinajstić information content (AvgIpc) is 2.41. The molecule has 3 N–H and O–H groups in total. The number of aliphatic hydroxyl groups is 1. The van der Waals surface area contributed by atoms with Crippen molar-refractivity contribution >= 4 is 23.3 Å². The SMILES string of the molecule is CC(=O)NC[C@]1(O)CCC[C@H](Nc2nc(Cl)ncc2F)C1. The van der Waals surface area contributed by atoms with Crippen LogP contribution < -0.4 is 10.6 Å². The number of hydrogen-bond acceptors (Lipinski definition) is 5. The van der Waals surface area contributed by atoms with E-state index < -0.39 is 11.4 Å². The van der Waals surface area contributed by atoms with Crippen molar-refractivity contribution in [1.82, 2.24) is 15.3 Å². The van der Waals surface area contributed by atoms with Gasteiger partial charge in [0.15, 0.2) is 11.6 Å². The quantitative estimate of drug-likeness (QED) is 0.733. The van der Waals surface area contributed by atoms with Crippen LogP contribution in [-0.4, -0.2) is 39.2 Å². The van der Waals surface area contributed by atoms with E-state index in [9.17, 15) is 14.3 Å². The van der Waals surface area contributed by atoms with Crippen LogP contribution in [0.1, 0.15) is 32.6 Å². The second-order valence-electron chi connectivity index (χ2n) is 5.41. The average molecular weight is 317 g/mol. The van der Waals surface area contributed by atoms with Crippen molar-refractivity contribution < 1.29 is 14.3 Å². The number of aromatic nitrogens is 2. The first-order valence-electron chi connectivity index (χ1n) is 6.79. The molecule has 1 aliphatic carbocycles. The zero-order chi connectivity index (χ0) is 15.5. The van der Waals surface area contributed by atoms with Crippen molar-refractivity contribution in [2.75, 3.05) is 11.9 Å². The zero-order valence-electron chi connectivity index (χ0n) is 11.7. The van der Waals surface area contributed by atoms with Gasteiger partial charge in [-0.3, -0.25) is 4.79 Å². The van der Waals surface area contributed by atoms with E-state index in [1.165, 1.54) is 6.92 Å². The van der Waals surface area contributed by atoms with Crippen LogP contribution >= 0.6 is 11.6 Å². The summed E-state index contributed by atoms with van der Waals surface area (Å²) in [4.78, 5) is 18.3. The van der Waals surface area contributed by atoms with Crippen LogP contribution in [0.3, 0.4) is 0 Å². The van der Waals surface area contributed by atoms with Crippen molar-refractivity contribution in [3.63, 3.8) is 0 Å². The molecule has 1 fully saturated rings. The number of amides is 1. The third-order valence-electron chi connectivity index (χ3n) is 3.54. The Labute approximate surface area is 127 Å². The van der Waals surface area contributed by atoms with E-state index in [0.29, 0.717) is 12.8 Å². The van der Waals surface area contributed by atoms with E-state index in [-0.39, 0.29) is 29.6 Å². The first kappa shape index (κ1) is 15.9. The number of carbonyl (C=O) groups excluding carboxylic acids is 1. The lowest BCUT2D eigenvalue weighted by atomic mass is 9.81. The molecular weight excluding hydrogens is 299 g/mol. The number of nitrogens with one attached hydrogen (secondary N) is 2. The van der Waals surface area contributed by atoms with Crippen LogP contribution in [-0.2, 0) is 4.79 Å². The minimum absolute atomic E-state index is 0.0313. The molecule has 1 amide bonds. The van der Waals surface area contributed by atoms with E-state index in [4.69, 9.17) is 11.6 Å². The maximum absolute atomic E-state index is 13.6. The summed E-state index contributed by atoms with van der Waals surface area (Å²) in [6.45, 7) is 1.59. The summed E-state index contributed by atoms with van der Waals surface area (Å²) in [5.74, 6) is -0.744. The summed E-state index contributed by atoms with van der Waals surface area (Å²) in [6, 6.07) is -0.141. The van der Waals surface area contributed by atoms with Crippen LogP contribution in [0.2, 0.25) is 5.28 Å². The van der Waals surface area contributed by atoms with Crippen molar-refractivity contribution in [2.24, 2.45) is 0 Å². The highest BCUT2D eigenvalue weighted by Crippen LogP contribution is 2.30. The van der Waals surface area contributed by atoms with Gasteiger partial charge in [-0.2, -0.15) is 4.98 Å². The van der Waals surface area contributed by atoms with Crippen LogP contribution in [0.4, 0.5) is 10.2 Å². The molecule has 116 valence electrons. The lowest BCUT2D eigenvalue weighted by Crippen LogP contribution is -2.48. The molecule has 0 unspecified atom stereocenters. The number of rotatable bonds is 4. The van der Waals surface area contributed by atoms with Crippen LogP contribution in [0.25, 0.3) is 0 Å². The highest BCUT2D eigenvalue weighted by atomic mass is 35.5. The molecule has 1 aromatic heterocycles. The van der Waals surface area contributed by atoms with Gasteiger partial charge in [0.2, 0.25) is 11.2 Å². The Morgan fingerprint density at radius 1 is 1.67 bits per heavy atom. The second kappa shape index (κ2) is 6.53. The number of carbonyl (C=O) groups is 1. The van der Waals surface area contributed by atoms with Gasteiger partial charge in [-0.25, -0.2) is 9.37 Å². The molecule has 0 aliphatic heterocycles. The number of halogens is 2. The third-order valence-corrected chi connectivity index (χ3v) is 3.73. The Balaban J connectivity index is 2.00. The summed E-state index contributed by atoms with van der Waals surface area (Å²) in [6.07, 6.45) is 3.55. The molecule has 1 heterocycles. The monoisotopic (exact) mass is 316 g/mol. The topological polar surface area (TPSA) is 87.1 Å². The third kappa shape index (κ3) is 4.50. The largest absolute Gasteiger partial charge is 0.388 e. The maximum atomic E-state index is 13.6. The molecule has 0 saturated heterocycles. The van der Waals surface area contributed by atoms with Crippen LogP contribution in [0.15, 0.2) is 6.20 Å². The minimum atomic E-state index is -0.991. The van der Waals surface area contributed by atoms with Gasteiger partial charge in [-0.15, -0.1) is 0 Å². The molecule has 21 heavy (non-hydrogen) atoms. The highest BCUT2D eigenvalue weighted by molar-refractivity contribution is 6.28. The van der Waals surface area contributed by atoms with Crippen LogP contribution in [0.5, 0.6) is 0 Å². The molecule has 1 aliphatic rings. The summed E-state index contributed by atoms with van der Waals surface area (Å²) in [5, 5.41) is 16.0. The lowest BCUT2D eigenvalue weighted by molar-refractivity contribution is -0.120. The van der Waals surface area contributed by atoms with E-state index in [1.807, 2.05) is 0 Å². The lowest BCUT2D eigenvalue weighted by Gasteiger charge is -2.37. The summed E-state index contributed by atoms with van der Waals surface area (Å²) >= 11 is 5.65. The van der Waals surface area contributed by atoms with Gasteiger partial charge >= 0.3 is 0 Å². The number of nitrogens with zero attached hydrogens (tertiary/aromatic N) is 2. The Bertz CT molecular complexity index is 531. The Kier molecular flexibility index (Phi) is 4.95.